The maximum Gasteiger partial charge on any atom is 0.0411 e. The number of aryl methyl sites for hydroxylation is 1. The molecular weight excluding hydrogens is 1540 g/mol. The molecule has 0 N–H and O–H groups in total. The van der Waals surface area contributed by atoms with Gasteiger partial charge in [0.25, 0.3) is 0 Å². The predicted octanol–water partition coefficient (Wildman–Crippen LogP) is 45.3. The summed E-state index contributed by atoms with van der Waals surface area (Å²) in [5, 5.41) is 0. The largest absolute Gasteiger partial charge is 0.0877 e. The Morgan fingerprint density at radius 3 is 0.953 bits per heavy atom. The van der Waals surface area contributed by atoms with Crippen LogP contribution in [0, 0.1) is 137 Å². The van der Waals surface area contributed by atoms with Gasteiger partial charge < -0.3 is 0 Å². The van der Waals surface area contributed by atoms with Crippen LogP contribution in [0.4, 0.5) is 0 Å². The summed E-state index contributed by atoms with van der Waals surface area (Å²) in [7, 11) is -0.611. The van der Waals surface area contributed by atoms with Gasteiger partial charge in [-0.25, -0.2) is 0 Å². The Morgan fingerprint density at radius 1 is 0.346 bits per heavy atom. The third-order valence-electron chi connectivity index (χ3n) is 27.0. The Kier molecular flexibility index (Phi) is 104. The molecule has 1 aromatic carbocycles. The maximum absolute atomic E-state index is 2.54. The minimum absolute atomic E-state index is 0.611. The number of unbranched alkanes of at least 4 members (excludes halogenated alkanes) is 4. The van der Waals surface area contributed by atoms with E-state index in [4.69, 9.17) is 0 Å². The molecule has 0 heterocycles. The first-order valence-electron chi connectivity index (χ1n) is 57.7. The second-order valence-electron chi connectivity index (χ2n) is 41.1. The highest BCUT2D eigenvalue weighted by molar-refractivity contribution is 6.74. The Balaban J connectivity index is -0.000000243. The first-order valence-corrected chi connectivity index (χ1v) is 61.7. The van der Waals surface area contributed by atoms with Crippen LogP contribution in [0.1, 0.15) is 518 Å². The molecule has 1 heteroatoms. The number of fused-ring (bicyclic) bond motifs is 6. The second kappa shape index (κ2) is 96.5. The molecule has 10 bridgehead atoms. The lowest BCUT2D eigenvalue weighted by atomic mass is 9.50. The van der Waals surface area contributed by atoms with Gasteiger partial charge in [0.05, 0.1) is 0 Å². The van der Waals surface area contributed by atoms with Crippen LogP contribution in [-0.2, 0) is 0 Å². The molecule has 11 atom stereocenters. The molecule has 0 aliphatic heterocycles. The average molecular weight is 1790 g/mol. The van der Waals surface area contributed by atoms with Gasteiger partial charge in [-0.2, -0.15) is 0 Å². The van der Waals surface area contributed by atoms with Crippen molar-refractivity contribution in [2.45, 2.75) is 545 Å². The van der Waals surface area contributed by atoms with Crippen LogP contribution in [0.3, 0.4) is 0 Å². The van der Waals surface area contributed by atoms with Crippen LogP contribution in [0.5, 0.6) is 0 Å². The van der Waals surface area contributed by atoms with Crippen LogP contribution < -0.4 is 0 Å². The summed E-state index contributed by atoms with van der Waals surface area (Å²) in [4.78, 5) is 0. The van der Waals surface area contributed by atoms with Crippen LogP contribution in [0.25, 0.3) is 0 Å². The SMILES string of the molecule is C/C=C\C=C/C.C1=CC2CC3C=CC=CC3C2C=C1.C1=CC2CCCC2C=C1.C1CCCC1.CC.CC.CC.CC.CC.CC.CC.CC.CC.CC(C)C.CC12CC3CC(CC(C3)C1)C2.CC1C2CC3CC(C2)CC1C3.CC1CC2CCC1C2.CCC.CCCC.CCCC1CCC(C)C1.CCCC1CCCC1.CCCCCC.C[Si](C)(C)C.Cc1ccccc1. The fraction of sp³-hybridized carbons (Fsp3) is 0.825. The van der Waals surface area contributed by atoms with E-state index < -0.39 is 8.07 Å². The van der Waals surface area contributed by atoms with Gasteiger partial charge in [0.2, 0.25) is 0 Å². The van der Waals surface area contributed by atoms with Crippen molar-refractivity contribution >= 4 is 8.07 Å². The van der Waals surface area contributed by atoms with Crippen molar-refractivity contribution in [3.8, 4) is 0 Å². The van der Waals surface area contributed by atoms with E-state index in [2.05, 4.69) is 222 Å². The van der Waals surface area contributed by atoms with Gasteiger partial charge in [-0.3, -0.25) is 0 Å². The van der Waals surface area contributed by atoms with Gasteiger partial charge in [-0.15, -0.1) is 0 Å². The van der Waals surface area contributed by atoms with Crippen LogP contribution in [0.2, 0.25) is 26.2 Å². The topological polar surface area (TPSA) is 0 Å². The predicted molar refractivity (Wildman–Crippen MR) is 602 cm³/mol. The summed E-state index contributed by atoms with van der Waals surface area (Å²) in [6.07, 6.45) is 97.9. The molecule has 11 unspecified atom stereocenters. The highest BCUT2D eigenvalue weighted by atomic mass is 28.3. The minimum atomic E-state index is -0.611. The van der Waals surface area contributed by atoms with E-state index in [1.807, 2.05) is 181 Å². The molecule has 19 rings (SSSR count). The number of hydrogen-bond acceptors (Lipinski definition) is 0. The standard InChI is InChI=1S/C13H14.2C11H18.C9H12.C9H18.C8H14.C8H16.C7H8.C6H14.C6H10.C5H10.C4H12Si.2C4H10.C3H8.9C2H6/c1-3-7-12-10(5-1)9-11-6-2-4-8-13(11)12;1-11-5-8-2-9(6-11)4-10(3-8)7-11;1-7-10-3-8-2-9(5-10)6-11(7)4-8;1-2-5-9-7-3-6-8(9)4-1;1-3-4-9-6-5-8(2)7-9;1-6-4-7-2-3-8(6)5-7;1-2-5-8-6-3-4-7-8;1-7-5-3-2-4-6-7;2*1-3-5-6-4-2;1-2-4-5-3-1;1-5(2,3)4;1-4(2)3;1-3-4-2;1-3-2;9*1-2/h1-8,10-13H,9H2;8-10H,2-7H2,1H3;7-11H,2-6H2,1H3;1-2,4-5,8-9H,3,6-7H2;8-9H,3-7H2,1-2H3;6-8H,2-5H2,1H3;8H,2-7H2,1H3;2-6H,1H3;3-6H2,1-2H3;3-6H,1-2H3;1-5H2;1-4H3;4H,1-3H3;3-4H2,1-2H3;3H2,1-2H3;9*1-2H3/b;;;;;;;;;5-3-,6-4-;;;;;;;;;;;;;;. The Bertz CT molecular complexity index is 2390. The Morgan fingerprint density at radius 2 is 0.685 bits per heavy atom. The zero-order valence-electron chi connectivity index (χ0n) is 95.4. The van der Waals surface area contributed by atoms with Crippen molar-refractivity contribution in [3.63, 3.8) is 0 Å². The maximum atomic E-state index is 2.54. The van der Waals surface area contributed by atoms with Crippen molar-refractivity contribution < 1.29 is 0 Å². The van der Waals surface area contributed by atoms with E-state index in [-0.39, 0.29) is 0 Å². The van der Waals surface area contributed by atoms with Crippen molar-refractivity contribution in [1.29, 1.82) is 0 Å². The molecule has 1 aromatic rings. The van der Waals surface area contributed by atoms with Gasteiger partial charge in [-0.1, -0.05) is 542 Å². The van der Waals surface area contributed by atoms with Crippen LogP contribution in [-0.4, -0.2) is 8.07 Å². The van der Waals surface area contributed by atoms with Crippen molar-refractivity contribution in [1.82, 2.24) is 0 Å². The molecule has 127 heavy (non-hydrogen) atoms. The number of allylic oxidation sites excluding steroid dienone is 16. The lowest BCUT2D eigenvalue weighted by Crippen LogP contribution is -2.44. The van der Waals surface area contributed by atoms with Crippen molar-refractivity contribution in [2.75, 3.05) is 0 Å². The fourth-order valence-electron chi connectivity index (χ4n) is 22.0. The summed E-state index contributed by atoms with van der Waals surface area (Å²) < 4.78 is 0. The first kappa shape index (κ1) is 137. The van der Waals surface area contributed by atoms with Gasteiger partial charge in [-0.05, 0) is 266 Å². The molecule has 0 aromatic heterocycles. The lowest BCUT2D eigenvalue weighted by Gasteiger charge is -2.55. The molecule has 18 aliphatic carbocycles. The van der Waals surface area contributed by atoms with Crippen molar-refractivity contribution in [2.24, 2.45) is 130 Å². The van der Waals surface area contributed by atoms with E-state index in [0.717, 1.165) is 130 Å². The van der Waals surface area contributed by atoms with E-state index in [1.165, 1.54) is 179 Å². The molecule has 0 amide bonds. The zero-order valence-corrected chi connectivity index (χ0v) is 96.4. The summed E-state index contributed by atoms with van der Waals surface area (Å²) >= 11 is 0. The van der Waals surface area contributed by atoms with Crippen LogP contribution in [0.15, 0.2) is 128 Å². The van der Waals surface area contributed by atoms with E-state index >= 15 is 0 Å². The highest BCUT2D eigenvalue weighted by Gasteiger charge is 2.49. The second-order valence-corrected chi connectivity index (χ2v) is 47.1. The Hall–Kier alpha value is -2.64. The smallest absolute Gasteiger partial charge is 0.0411 e. The first-order chi connectivity index (χ1) is 61.4. The Labute approximate surface area is 810 Å². The number of benzene rings is 1. The summed E-state index contributed by atoms with van der Waals surface area (Å²) in [5.41, 5.74) is 2.12. The third kappa shape index (κ3) is 72.4. The molecule has 0 radical (unpaired) electrons. The molecule has 0 nitrogen and oxygen atoms in total. The highest BCUT2D eigenvalue weighted by Crippen LogP contribution is 2.60. The van der Waals surface area contributed by atoms with Gasteiger partial charge in [0.1, 0.15) is 0 Å². The van der Waals surface area contributed by atoms with E-state index in [0.29, 0.717) is 0 Å². The monoisotopic (exact) mass is 1790 g/mol. The van der Waals surface area contributed by atoms with Gasteiger partial charge in [0, 0.05) is 8.07 Å². The molecule has 15 saturated carbocycles. The van der Waals surface area contributed by atoms with E-state index in [1.54, 1.807) is 96.3 Å². The molecule has 15 fully saturated rings. The van der Waals surface area contributed by atoms with Crippen LogP contribution >= 0.6 is 0 Å². The normalized spacial score (nSPS) is 29.0. The summed E-state index contributed by atoms with van der Waals surface area (Å²) in [6.45, 7) is 85.4. The fourth-order valence-corrected chi connectivity index (χ4v) is 22.0. The zero-order chi connectivity index (χ0) is 98.2. The number of rotatable bonds is 9. The van der Waals surface area contributed by atoms with Gasteiger partial charge >= 0.3 is 0 Å². The van der Waals surface area contributed by atoms with Gasteiger partial charge in [0.15, 0.2) is 0 Å². The average Bonchev–Trinajstić information content (AvgIpc) is 1.66. The third-order valence-corrected chi connectivity index (χ3v) is 27.0. The molecule has 0 spiro atoms. The summed E-state index contributed by atoms with van der Waals surface area (Å²) in [6, 6.07) is 10.3. The lowest BCUT2D eigenvalue weighted by molar-refractivity contribution is -0.0411. The quantitative estimate of drug-likeness (QED) is 0.131. The molecule has 18 aliphatic rings. The molecule has 0 saturated heterocycles. The molecule has 754 valence electrons. The minimum Gasteiger partial charge on any atom is -0.0877 e. The summed E-state index contributed by atoms with van der Waals surface area (Å²) in [5.74, 6) is 21.5. The van der Waals surface area contributed by atoms with E-state index in [9.17, 15) is 0 Å². The van der Waals surface area contributed by atoms with Crippen molar-refractivity contribution in [3.05, 3.63) is 133 Å². The molecular formula is C126H246Si. The number of hydrogen-bond donors (Lipinski definition) is 0.